The van der Waals surface area contributed by atoms with E-state index < -0.39 is 0 Å². The molecule has 0 bridgehead atoms. The van der Waals surface area contributed by atoms with Gasteiger partial charge in [0.05, 0.1) is 0 Å². The first-order valence-electron chi connectivity index (χ1n) is 4.53. The van der Waals surface area contributed by atoms with Gasteiger partial charge in [0.2, 0.25) is 0 Å². The lowest BCUT2D eigenvalue weighted by Gasteiger charge is -1.90. The maximum atomic E-state index is 8.73. The van der Waals surface area contributed by atoms with E-state index in [0.29, 0.717) is 5.69 Å². The molecule has 0 saturated carbocycles. The van der Waals surface area contributed by atoms with Crippen molar-refractivity contribution in [3.05, 3.63) is 54.6 Å². The topological polar surface area (TPSA) is 72.3 Å². The number of aromatic hydroxyl groups is 1. The van der Waals surface area contributed by atoms with E-state index in [1.165, 1.54) is 6.07 Å². The third kappa shape index (κ3) is 4.57. The first-order valence-corrected chi connectivity index (χ1v) is 4.53. The Kier molecular flexibility index (Phi) is 4.04. The van der Waals surface area contributed by atoms with Crippen molar-refractivity contribution in [1.82, 2.24) is 0 Å². The molecule has 0 fully saturated rings. The molecule has 0 spiro atoms. The summed E-state index contributed by atoms with van der Waals surface area (Å²) in [5.41, 5.74) is 12.1. The lowest BCUT2D eigenvalue weighted by molar-refractivity contribution is 0.475. The smallest absolute Gasteiger partial charge is 0.117 e. The highest BCUT2D eigenvalue weighted by molar-refractivity contribution is 5.42. The van der Waals surface area contributed by atoms with Crippen molar-refractivity contribution in [2.45, 2.75) is 0 Å². The average Bonchev–Trinajstić information content (AvgIpc) is 2.19. The average molecular weight is 202 g/mol. The van der Waals surface area contributed by atoms with Crippen molar-refractivity contribution in [3.63, 3.8) is 0 Å². The van der Waals surface area contributed by atoms with Gasteiger partial charge in [0.25, 0.3) is 0 Å². The van der Waals surface area contributed by atoms with Crippen LogP contribution < -0.4 is 11.5 Å². The molecule has 0 heterocycles. The SMILES string of the molecule is Nc1cccc(O)c1.Nc1ccccc1. The minimum absolute atomic E-state index is 0.213. The predicted octanol–water partition coefficient (Wildman–Crippen LogP) is 2.24. The van der Waals surface area contributed by atoms with Gasteiger partial charge in [0, 0.05) is 17.4 Å². The number of phenols is 1. The van der Waals surface area contributed by atoms with Gasteiger partial charge in [-0.15, -0.1) is 0 Å². The highest BCUT2D eigenvalue weighted by Gasteiger charge is 1.83. The molecule has 15 heavy (non-hydrogen) atoms. The Hall–Kier alpha value is -2.16. The summed E-state index contributed by atoms with van der Waals surface area (Å²) in [4.78, 5) is 0. The van der Waals surface area contributed by atoms with Crippen LogP contribution in [0.4, 0.5) is 11.4 Å². The molecule has 0 atom stereocenters. The van der Waals surface area contributed by atoms with Gasteiger partial charge in [-0.25, -0.2) is 0 Å². The first-order chi connectivity index (χ1) is 7.18. The maximum Gasteiger partial charge on any atom is 0.117 e. The van der Waals surface area contributed by atoms with E-state index in [4.69, 9.17) is 16.6 Å². The zero-order chi connectivity index (χ0) is 11.1. The Morgan fingerprint density at radius 2 is 1.33 bits per heavy atom. The molecule has 2 rings (SSSR count). The number of phenolic OH excluding ortho intramolecular Hbond substituents is 1. The third-order valence-corrected chi connectivity index (χ3v) is 1.67. The van der Waals surface area contributed by atoms with E-state index in [1.54, 1.807) is 18.2 Å². The zero-order valence-electron chi connectivity index (χ0n) is 8.30. The summed E-state index contributed by atoms with van der Waals surface area (Å²) in [6, 6.07) is 16.0. The predicted molar refractivity (Wildman–Crippen MR) is 63.4 cm³/mol. The van der Waals surface area contributed by atoms with Gasteiger partial charge in [0.15, 0.2) is 0 Å². The fourth-order valence-electron chi connectivity index (χ4n) is 0.978. The van der Waals surface area contributed by atoms with Crippen LogP contribution in [0.1, 0.15) is 0 Å². The molecule has 2 aromatic rings. The number of para-hydroxylation sites is 1. The Morgan fingerprint density at radius 1 is 0.733 bits per heavy atom. The monoisotopic (exact) mass is 202 g/mol. The molecule has 3 heteroatoms. The lowest BCUT2D eigenvalue weighted by atomic mass is 10.3. The summed E-state index contributed by atoms with van der Waals surface area (Å²) in [6.45, 7) is 0. The van der Waals surface area contributed by atoms with Gasteiger partial charge >= 0.3 is 0 Å². The molecule has 5 N–H and O–H groups in total. The summed E-state index contributed by atoms with van der Waals surface area (Å²) in [7, 11) is 0. The summed E-state index contributed by atoms with van der Waals surface area (Å²) < 4.78 is 0. The molecular formula is C12H14N2O. The van der Waals surface area contributed by atoms with Crippen molar-refractivity contribution in [2.24, 2.45) is 0 Å². The van der Waals surface area contributed by atoms with Crippen LogP contribution in [0.15, 0.2) is 54.6 Å². The quantitative estimate of drug-likeness (QED) is 0.574. The van der Waals surface area contributed by atoms with Crippen LogP contribution >= 0.6 is 0 Å². The van der Waals surface area contributed by atoms with Crippen LogP contribution in [-0.2, 0) is 0 Å². The highest BCUT2D eigenvalue weighted by atomic mass is 16.3. The minimum atomic E-state index is 0.213. The van der Waals surface area contributed by atoms with Crippen LogP contribution in [0.2, 0.25) is 0 Å². The van der Waals surface area contributed by atoms with Crippen LogP contribution in [0.25, 0.3) is 0 Å². The number of rotatable bonds is 0. The van der Waals surface area contributed by atoms with Gasteiger partial charge in [-0.05, 0) is 24.3 Å². The van der Waals surface area contributed by atoms with Gasteiger partial charge in [-0.2, -0.15) is 0 Å². The number of nitrogens with two attached hydrogens (primary N) is 2. The molecule has 0 aromatic heterocycles. The Bertz CT molecular complexity index is 384. The molecule has 0 aliphatic heterocycles. The highest BCUT2D eigenvalue weighted by Crippen LogP contribution is 2.10. The van der Waals surface area contributed by atoms with Crippen LogP contribution in [0.5, 0.6) is 5.75 Å². The molecule has 0 radical (unpaired) electrons. The molecule has 0 aliphatic rings. The van der Waals surface area contributed by atoms with Crippen LogP contribution in [-0.4, -0.2) is 5.11 Å². The number of hydrogen-bond acceptors (Lipinski definition) is 3. The molecule has 2 aromatic carbocycles. The molecule has 0 amide bonds. The fraction of sp³-hybridized carbons (Fsp3) is 0. The van der Waals surface area contributed by atoms with Gasteiger partial charge < -0.3 is 16.6 Å². The fourth-order valence-corrected chi connectivity index (χ4v) is 0.978. The standard InChI is InChI=1S/C6H7NO.C6H7N/c7-5-2-1-3-6(8)4-5;7-6-4-2-1-3-5-6/h1-4,8H,7H2;1-5H,7H2. The van der Waals surface area contributed by atoms with E-state index in [1.807, 2.05) is 30.3 Å². The number of benzene rings is 2. The van der Waals surface area contributed by atoms with Crippen LogP contribution in [0, 0.1) is 0 Å². The number of hydrogen-bond donors (Lipinski definition) is 3. The first kappa shape index (κ1) is 10.9. The van der Waals surface area contributed by atoms with Gasteiger partial charge in [0.1, 0.15) is 5.75 Å². The van der Waals surface area contributed by atoms with Crippen molar-refractivity contribution >= 4 is 11.4 Å². The van der Waals surface area contributed by atoms with Crippen molar-refractivity contribution in [1.29, 1.82) is 0 Å². The summed E-state index contributed by atoms with van der Waals surface area (Å²) in [6.07, 6.45) is 0. The summed E-state index contributed by atoms with van der Waals surface area (Å²) in [5, 5.41) is 8.73. The van der Waals surface area contributed by atoms with E-state index in [2.05, 4.69) is 0 Å². The Morgan fingerprint density at radius 3 is 1.67 bits per heavy atom. The second-order valence-electron chi connectivity index (χ2n) is 3.01. The Labute approximate surface area is 89.0 Å². The van der Waals surface area contributed by atoms with Crippen molar-refractivity contribution in [2.75, 3.05) is 11.5 Å². The van der Waals surface area contributed by atoms with E-state index in [0.717, 1.165) is 5.69 Å². The largest absolute Gasteiger partial charge is 0.508 e. The van der Waals surface area contributed by atoms with E-state index in [9.17, 15) is 0 Å². The number of nitrogen functional groups attached to an aromatic ring is 2. The molecular weight excluding hydrogens is 188 g/mol. The van der Waals surface area contributed by atoms with Gasteiger partial charge in [-0.3, -0.25) is 0 Å². The molecule has 78 valence electrons. The molecule has 0 unspecified atom stereocenters. The summed E-state index contributed by atoms with van der Waals surface area (Å²) >= 11 is 0. The zero-order valence-corrected chi connectivity index (χ0v) is 8.30. The van der Waals surface area contributed by atoms with Crippen molar-refractivity contribution in [3.8, 4) is 5.75 Å². The Balaban J connectivity index is 0.000000151. The van der Waals surface area contributed by atoms with Crippen LogP contribution in [0.3, 0.4) is 0 Å². The maximum absolute atomic E-state index is 8.73. The third-order valence-electron chi connectivity index (χ3n) is 1.67. The number of anilines is 2. The van der Waals surface area contributed by atoms with Gasteiger partial charge in [-0.1, -0.05) is 24.3 Å². The lowest BCUT2D eigenvalue weighted by Crippen LogP contribution is -1.80. The van der Waals surface area contributed by atoms with E-state index >= 15 is 0 Å². The second-order valence-corrected chi connectivity index (χ2v) is 3.01. The van der Waals surface area contributed by atoms with Crippen molar-refractivity contribution < 1.29 is 5.11 Å². The summed E-state index contributed by atoms with van der Waals surface area (Å²) in [5.74, 6) is 0.213. The normalized spacial score (nSPS) is 8.80. The second kappa shape index (κ2) is 5.54. The van der Waals surface area contributed by atoms with E-state index in [-0.39, 0.29) is 5.75 Å². The minimum Gasteiger partial charge on any atom is -0.508 e. The molecule has 0 aliphatic carbocycles. The molecule has 0 saturated heterocycles. The molecule has 3 nitrogen and oxygen atoms in total.